The molecule has 1 N–H and O–H groups in total. The average Bonchev–Trinajstić information content (AvgIpc) is 3.31. The smallest absolute Gasteiger partial charge is 0.306 e. The van der Waals surface area contributed by atoms with Gasteiger partial charge in [-0.2, -0.15) is 0 Å². The van der Waals surface area contributed by atoms with Crippen molar-refractivity contribution in [1.29, 1.82) is 0 Å². The molecule has 0 saturated carbocycles. The van der Waals surface area contributed by atoms with Crippen molar-refractivity contribution in [1.82, 2.24) is 0 Å². The van der Waals surface area contributed by atoms with Crippen LogP contribution >= 0.6 is 0 Å². The lowest BCUT2D eigenvalue weighted by Gasteiger charge is -2.15. The molecule has 0 saturated heterocycles. The molecule has 0 radical (unpaired) electrons. The summed E-state index contributed by atoms with van der Waals surface area (Å²) in [5.74, 6) is -0.624. The van der Waals surface area contributed by atoms with E-state index < -0.39 is 6.10 Å². The molecule has 0 spiro atoms. The second-order valence-corrected chi connectivity index (χ2v) is 18.3. The van der Waals surface area contributed by atoms with Gasteiger partial charge < -0.3 is 14.6 Å². The largest absolute Gasteiger partial charge is 0.462 e. The van der Waals surface area contributed by atoms with Crippen molar-refractivity contribution in [3.05, 3.63) is 85.1 Å². The summed E-state index contributed by atoms with van der Waals surface area (Å²) in [5, 5.41) is 9.64. The second-order valence-electron chi connectivity index (χ2n) is 18.3. The lowest BCUT2D eigenvalue weighted by molar-refractivity contribution is -0.161. The maximum absolute atomic E-state index is 12.3. The van der Waals surface area contributed by atoms with Crippen molar-refractivity contribution in [3.63, 3.8) is 0 Å². The number of esters is 2. The molecule has 1 atom stereocenters. The van der Waals surface area contributed by atoms with Gasteiger partial charge >= 0.3 is 11.9 Å². The standard InChI is InChI=1S/C60H104O5/c1-3-5-7-9-11-13-15-17-19-21-23-25-27-29-31-32-34-36-38-40-42-44-46-48-50-52-54-59(62)64-57-58(56-61)65-60(63)55-53-51-49-47-45-43-41-39-37-35-33-30-28-26-24-22-20-18-16-14-12-10-8-6-4-2/h6,8,12,14,18,20,24,26,30,33,37,39,43,45,58,61H,3-5,7,9-11,13,15-17,19,21-23,25,27-29,31-32,34-36,38,40-42,44,46-57H2,1-2H3/b8-6-,14-12-,20-18-,26-24-,33-30-,39-37-,45-43-. The number of hydrogen-bond acceptors (Lipinski definition) is 5. The van der Waals surface area contributed by atoms with Gasteiger partial charge in [-0.25, -0.2) is 0 Å². The van der Waals surface area contributed by atoms with Gasteiger partial charge in [0.2, 0.25) is 0 Å². The Morgan fingerprint density at radius 2 is 0.662 bits per heavy atom. The van der Waals surface area contributed by atoms with Gasteiger partial charge in [-0.15, -0.1) is 0 Å². The first-order valence-electron chi connectivity index (χ1n) is 27.6. The zero-order chi connectivity index (χ0) is 47.0. The number of carbonyl (C=O) groups excluding carboxylic acids is 2. The van der Waals surface area contributed by atoms with Crippen LogP contribution < -0.4 is 0 Å². The molecule has 0 heterocycles. The number of unbranched alkanes of at least 4 members (excludes halogenated alkanes) is 28. The van der Waals surface area contributed by atoms with Crippen LogP contribution in [0.15, 0.2) is 85.1 Å². The van der Waals surface area contributed by atoms with Crippen LogP contribution in [0.2, 0.25) is 0 Å². The predicted octanol–water partition coefficient (Wildman–Crippen LogP) is 18.6. The van der Waals surface area contributed by atoms with Gasteiger partial charge in [0, 0.05) is 12.8 Å². The molecule has 5 heteroatoms. The third-order valence-electron chi connectivity index (χ3n) is 12.0. The van der Waals surface area contributed by atoms with Gasteiger partial charge in [-0.05, 0) is 70.6 Å². The molecular weight excluding hydrogens is 801 g/mol. The summed E-state index contributed by atoms with van der Waals surface area (Å²) >= 11 is 0. The third kappa shape index (κ3) is 53.6. The van der Waals surface area contributed by atoms with Crippen LogP contribution in [-0.4, -0.2) is 36.4 Å². The molecule has 0 aliphatic rings. The van der Waals surface area contributed by atoms with Crippen molar-refractivity contribution in [3.8, 4) is 0 Å². The Balaban J connectivity index is 3.55. The molecule has 0 aromatic carbocycles. The van der Waals surface area contributed by atoms with Crippen LogP contribution in [0.4, 0.5) is 0 Å². The molecular formula is C60H104O5. The van der Waals surface area contributed by atoms with Gasteiger partial charge in [0.05, 0.1) is 6.61 Å². The van der Waals surface area contributed by atoms with Crippen molar-refractivity contribution in [2.24, 2.45) is 0 Å². The Bertz CT molecular complexity index is 1210. The van der Waals surface area contributed by atoms with Gasteiger partial charge in [0.15, 0.2) is 6.10 Å². The maximum atomic E-state index is 12.3. The number of rotatable bonds is 50. The van der Waals surface area contributed by atoms with Crippen molar-refractivity contribution < 1.29 is 24.2 Å². The van der Waals surface area contributed by atoms with Crippen molar-refractivity contribution in [2.45, 2.75) is 270 Å². The predicted molar refractivity (Wildman–Crippen MR) is 283 cm³/mol. The SMILES string of the molecule is CC/C=C\C/C=C\C/C=C\C/C=C\C/C=C\C/C=C\C/C=C\CCCCCC(=O)OC(CO)COC(=O)CCCCCCCCCCCCCCCCCCCCCCCCCCCC. The third-order valence-corrected chi connectivity index (χ3v) is 12.0. The monoisotopic (exact) mass is 905 g/mol. The summed E-state index contributed by atoms with van der Waals surface area (Å²) in [6.07, 6.45) is 77.0. The minimum Gasteiger partial charge on any atom is -0.462 e. The molecule has 0 aliphatic carbocycles. The number of aliphatic hydroxyl groups excluding tert-OH is 1. The molecule has 374 valence electrons. The van der Waals surface area contributed by atoms with Crippen LogP contribution in [0.3, 0.4) is 0 Å². The molecule has 0 aromatic heterocycles. The molecule has 5 nitrogen and oxygen atoms in total. The van der Waals surface area contributed by atoms with E-state index in [1.54, 1.807) is 0 Å². The van der Waals surface area contributed by atoms with E-state index >= 15 is 0 Å². The van der Waals surface area contributed by atoms with Gasteiger partial charge in [0.1, 0.15) is 6.61 Å². The fourth-order valence-electron chi connectivity index (χ4n) is 7.83. The van der Waals surface area contributed by atoms with Crippen LogP contribution in [0.1, 0.15) is 264 Å². The Kier molecular flexibility index (Phi) is 52.9. The first kappa shape index (κ1) is 62.1. The van der Waals surface area contributed by atoms with Gasteiger partial charge in [-0.3, -0.25) is 9.59 Å². The highest BCUT2D eigenvalue weighted by Gasteiger charge is 2.16. The minimum atomic E-state index is -0.794. The molecule has 65 heavy (non-hydrogen) atoms. The zero-order valence-corrected chi connectivity index (χ0v) is 42.7. The maximum Gasteiger partial charge on any atom is 0.306 e. The number of ether oxygens (including phenoxy) is 2. The lowest BCUT2D eigenvalue weighted by Crippen LogP contribution is -2.28. The topological polar surface area (TPSA) is 72.8 Å². The fourth-order valence-corrected chi connectivity index (χ4v) is 7.83. The van der Waals surface area contributed by atoms with Crippen LogP contribution in [0.5, 0.6) is 0 Å². The summed E-state index contributed by atoms with van der Waals surface area (Å²) in [7, 11) is 0. The van der Waals surface area contributed by atoms with Crippen LogP contribution in [0, 0.1) is 0 Å². The first-order valence-corrected chi connectivity index (χ1v) is 27.6. The van der Waals surface area contributed by atoms with E-state index in [0.29, 0.717) is 12.8 Å². The van der Waals surface area contributed by atoms with Crippen LogP contribution in [-0.2, 0) is 19.1 Å². The van der Waals surface area contributed by atoms with Crippen molar-refractivity contribution >= 4 is 11.9 Å². The second kappa shape index (κ2) is 55.4. The van der Waals surface area contributed by atoms with E-state index in [9.17, 15) is 14.7 Å². The van der Waals surface area contributed by atoms with E-state index in [1.807, 2.05) is 0 Å². The first-order chi connectivity index (χ1) is 32.1. The van der Waals surface area contributed by atoms with E-state index in [1.165, 1.54) is 148 Å². The Morgan fingerprint density at radius 1 is 0.369 bits per heavy atom. The molecule has 0 amide bonds. The highest BCUT2D eigenvalue weighted by atomic mass is 16.6. The quantitative estimate of drug-likeness (QED) is 0.0374. The van der Waals surface area contributed by atoms with E-state index in [0.717, 1.165) is 89.9 Å². The molecule has 0 aliphatic heterocycles. The minimum absolute atomic E-state index is 0.0812. The molecule has 0 fully saturated rings. The average molecular weight is 905 g/mol. The normalized spacial score (nSPS) is 12.8. The number of allylic oxidation sites excluding steroid dienone is 14. The summed E-state index contributed by atoms with van der Waals surface area (Å²) in [6.45, 7) is 4.02. The molecule has 0 bridgehead atoms. The highest BCUT2D eigenvalue weighted by Crippen LogP contribution is 2.17. The Hall–Kier alpha value is -2.92. The molecule has 0 rings (SSSR count). The summed E-state index contributed by atoms with van der Waals surface area (Å²) in [4.78, 5) is 24.5. The summed E-state index contributed by atoms with van der Waals surface area (Å²) in [5.41, 5.74) is 0. The Labute approximate surface area is 403 Å². The van der Waals surface area contributed by atoms with E-state index in [4.69, 9.17) is 9.47 Å². The lowest BCUT2D eigenvalue weighted by atomic mass is 10.0. The van der Waals surface area contributed by atoms with Crippen LogP contribution in [0.25, 0.3) is 0 Å². The Morgan fingerprint density at radius 3 is 1.00 bits per heavy atom. The zero-order valence-electron chi connectivity index (χ0n) is 42.7. The van der Waals surface area contributed by atoms with E-state index in [2.05, 4.69) is 98.9 Å². The van der Waals surface area contributed by atoms with Gasteiger partial charge in [0.25, 0.3) is 0 Å². The summed E-state index contributed by atoms with van der Waals surface area (Å²) < 4.78 is 10.7. The summed E-state index contributed by atoms with van der Waals surface area (Å²) in [6, 6.07) is 0. The molecule has 0 aromatic rings. The van der Waals surface area contributed by atoms with E-state index in [-0.39, 0.29) is 25.2 Å². The number of aliphatic hydroxyl groups is 1. The number of hydrogen-bond donors (Lipinski definition) is 1. The van der Waals surface area contributed by atoms with Gasteiger partial charge in [-0.1, -0.05) is 266 Å². The van der Waals surface area contributed by atoms with Crippen molar-refractivity contribution in [2.75, 3.05) is 13.2 Å². The molecule has 1 unspecified atom stereocenters. The highest BCUT2D eigenvalue weighted by molar-refractivity contribution is 5.70. The number of carbonyl (C=O) groups is 2. The fraction of sp³-hybridized carbons (Fsp3) is 0.733.